The van der Waals surface area contributed by atoms with Gasteiger partial charge < -0.3 is 15.8 Å². The van der Waals surface area contributed by atoms with Crippen LogP contribution >= 0.6 is 0 Å². The molecule has 1 aromatic rings. The van der Waals surface area contributed by atoms with Crippen LogP contribution in [0.4, 0.5) is 15.8 Å². The zero-order valence-electron chi connectivity index (χ0n) is 12.3. The zero-order chi connectivity index (χ0) is 14.5. The molecule has 0 atom stereocenters. The van der Waals surface area contributed by atoms with E-state index in [1.165, 1.54) is 18.9 Å². The second kappa shape index (κ2) is 6.79. The van der Waals surface area contributed by atoms with Crippen LogP contribution in [0.3, 0.4) is 0 Å². The van der Waals surface area contributed by atoms with E-state index in [9.17, 15) is 4.39 Å². The lowest BCUT2D eigenvalue weighted by molar-refractivity contribution is 0.289. The summed E-state index contributed by atoms with van der Waals surface area (Å²) in [5.41, 5.74) is 6.99. The third kappa shape index (κ3) is 3.76. The van der Waals surface area contributed by atoms with E-state index in [0.717, 1.165) is 31.4 Å². The molecular weight excluding hydrogens is 257 g/mol. The van der Waals surface area contributed by atoms with Crippen molar-refractivity contribution in [2.24, 2.45) is 0 Å². The number of ether oxygens (including phenoxy) is 1. The number of rotatable bonds is 8. The van der Waals surface area contributed by atoms with E-state index in [1.54, 1.807) is 6.07 Å². The molecule has 1 fully saturated rings. The highest BCUT2D eigenvalue weighted by molar-refractivity contribution is 5.68. The van der Waals surface area contributed by atoms with Crippen molar-refractivity contribution in [3.05, 3.63) is 17.9 Å². The minimum Gasteiger partial charge on any atom is -0.491 e. The Morgan fingerprint density at radius 1 is 1.40 bits per heavy atom. The summed E-state index contributed by atoms with van der Waals surface area (Å²) >= 11 is 0. The maximum Gasteiger partial charge on any atom is 0.167 e. The third-order valence-electron chi connectivity index (χ3n) is 3.59. The molecule has 0 saturated heterocycles. The Balaban J connectivity index is 1.92. The van der Waals surface area contributed by atoms with Gasteiger partial charge in [0.2, 0.25) is 0 Å². The molecule has 0 aromatic heterocycles. The maximum atomic E-state index is 13.6. The first-order valence-electron chi connectivity index (χ1n) is 7.35. The Bertz CT molecular complexity index is 449. The number of anilines is 2. The smallest absolute Gasteiger partial charge is 0.167 e. The lowest BCUT2D eigenvalue weighted by atomic mass is 10.2. The fourth-order valence-corrected chi connectivity index (χ4v) is 2.36. The van der Waals surface area contributed by atoms with Crippen molar-refractivity contribution in [1.82, 2.24) is 4.90 Å². The van der Waals surface area contributed by atoms with Gasteiger partial charge in [-0.1, -0.05) is 6.92 Å². The van der Waals surface area contributed by atoms with Crippen molar-refractivity contribution in [3.63, 3.8) is 0 Å². The lowest BCUT2D eigenvalue weighted by Gasteiger charge is -2.20. The summed E-state index contributed by atoms with van der Waals surface area (Å²) in [5.74, 6) is -0.165. The van der Waals surface area contributed by atoms with Crippen molar-refractivity contribution >= 4 is 11.4 Å². The zero-order valence-corrected chi connectivity index (χ0v) is 12.3. The molecule has 112 valence electrons. The average Bonchev–Trinajstić information content (AvgIpc) is 3.24. The SMILES string of the molecule is CCOc1cc(NCCN(CC)C2CC2)c(N)cc1F. The molecule has 4 nitrogen and oxygen atoms in total. The summed E-state index contributed by atoms with van der Waals surface area (Å²) in [6.45, 7) is 7.28. The van der Waals surface area contributed by atoms with Crippen LogP contribution in [0.1, 0.15) is 26.7 Å². The largest absolute Gasteiger partial charge is 0.491 e. The van der Waals surface area contributed by atoms with Crippen LogP contribution in [0.25, 0.3) is 0 Å². The monoisotopic (exact) mass is 281 g/mol. The van der Waals surface area contributed by atoms with Crippen molar-refractivity contribution in [3.8, 4) is 5.75 Å². The van der Waals surface area contributed by atoms with Gasteiger partial charge >= 0.3 is 0 Å². The van der Waals surface area contributed by atoms with Crippen LogP contribution in [-0.4, -0.2) is 37.2 Å². The molecular formula is C15H24FN3O. The molecule has 1 aliphatic carbocycles. The van der Waals surface area contributed by atoms with E-state index < -0.39 is 5.82 Å². The number of nitrogens with zero attached hydrogens (tertiary/aromatic N) is 1. The van der Waals surface area contributed by atoms with Crippen molar-refractivity contribution in [1.29, 1.82) is 0 Å². The van der Waals surface area contributed by atoms with Gasteiger partial charge in [-0.3, -0.25) is 4.90 Å². The number of likely N-dealkylation sites (N-methyl/N-ethyl adjacent to an activating group) is 1. The quantitative estimate of drug-likeness (QED) is 0.719. The highest BCUT2D eigenvalue weighted by Crippen LogP contribution is 2.29. The van der Waals surface area contributed by atoms with Gasteiger partial charge in [-0.2, -0.15) is 0 Å². The molecule has 0 radical (unpaired) electrons. The average molecular weight is 281 g/mol. The molecule has 0 amide bonds. The number of hydrogen-bond donors (Lipinski definition) is 2. The summed E-state index contributed by atoms with van der Waals surface area (Å²) < 4.78 is 18.8. The van der Waals surface area contributed by atoms with Gasteiger partial charge in [-0.15, -0.1) is 0 Å². The molecule has 3 N–H and O–H groups in total. The highest BCUT2D eigenvalue weighted by atomic mass is 19.1. The number of halogens is 1. The van der Waals surface area contributed by atoms with Gasteiger partial charge in [0.15, 0.2) is 11.6 Å². The maximum absolute atomic E-state index is 13.6. The van der Waals surface area contributed by atoms with Crippen LogP contribution in [0.15, 0.2) is 12.1 Å². The second-order valence-electron chi connectivity index (χ2n) is 5.09. The third-order valence-corrected chi connectivity index (χ3v) is 3.59. The van der Waals surface area contributed by atoms with E-state index in [1.807, 2.05) is 6.92 Å². The first-order valence-corrected chi connectivity index (χ1v) is 7.35. The minimum absolute atomic E-state index is 0.249. The summed E-state index contributed by atoms with van der Waals surface area (Å²) in [5, 5.41) is 3.27. The van der Waals surface area contributed by atoms with E-state index in [2.05, 4.69) is 17.1 Å². The number of nitrogen functional groups attached to an aromatic ring is 1. The van der Waals surface area contributed by atoms with Crippen molar-refractivity contribution in [2.75, 3.05) is 37.3 Å². The molecule has 2 rings (SSSR count). The van der Waals surface area contributed by atoms with Gasteiger partial charge in [0, 0.05) is 31.3 Å². The van der Waals surface area contributed by atoms with Gasteiger partial charge in [-0.05, 0) is 26.3 Å². The van der Waals surface area contributed by atoms with Gasteiger partial charge in [0.1, 0.15) is 0 Å². The standard InChI is InChI=1S/C15H24FN3O/c1-3-19(11-5-6-11)8-7-18-14-10-15(20-4-2)12(16)9-13(14)17/h9-11,18H,3-8,17H2,1-2H3. The first-order chi connectivity index (χ1) is 9.65. The molecule has 0 aliphatic heterocycles. The van der Waals surface area contributed by atoms with E-state index in [4.69, 9.17) is 10.5 Å². The van der Waals surface area contributed by atoms with Gasteiger partial charge in [0.25, 0.3) is 0 Å². The fraction of sp³-hybridized carbons (Fsp3) is 0.600. The Hall–Kier alpha value is -1.49. The van der Waals surface area contributed by atoms with Gasteiger partial charge in [-0.25, -0.2) is 4.39 Å². The number of benzene rings is 1. The lowest BCUT2D eigenvalue weighted by Crippen LogP contribution is -2.31. The summed E-state index contributed by atoms with van der Waals surface area (Å²) in [6, 6.07) is 3.71. The normalized spacial score (nSPS) is 14.6. The molecule has 5 heteroatoms. The molecule has 1 aliphatic rings. The summed E-state index contributed by atoms with van der Waals surface area (Å²) in [7, 11) is 0. The second-order valence-corrected chi connectivity index (χ2v) is 5.09. The molecule has 1 saturated carbocycles. The number of nitrogens with two attached hydrogens (primary N) is 1. The number of nitrogens with one attached hydrogen (secondary N) is 1. The first kappa shape index (κ1) is 14.9. The minimum atomic E-state index is -0.414. The molecule has 0 heterocycles. The van der Waals surface area contributed by atoms with E-state index in [0.29, 0.717) is 12.3 Å². The van der Waals surface area contributed by atoms with E-state index in [-0.39, 0.29) is 5.75 Å². The summed E-state index contributed by atoms with van der Waals surface area (Å²) in [4.78, 5) is 2.45. The predicted octanol–water partition coefficient (Wildman–Crippen LogP) is 2.70. The Morgan fingerprint density at radius 3 is 2.75 bits per heavy atom. The molecule has 1 aromatic carbocycles. The summed E-state index contributed by atoms with van der Waals surface area (Å²) in [6.07, 6.45) is 2.61. The van der Waals surface area contributed by atoms with Crippen LogP contribution in [0.5, 0.6) is 5.75 Å². The van der Waals surface area contributed by atoms with Crippen molar-refractivity contribution < 1.29 is 9.13 Å². The van der Waals surface area contributed by atoms with Crippen LogP contribution in [0, 0.1) is 5.82 Å². The van der Waals surface area contributed by atoms with Crippen LogP contribution < -0.4 is 15.8 Å². The van der Waals surface area contributed by atoms with Gasteiger partial charge in [0.05, 0.1) is 18.0 Å². The highest BCUT2D eigenvalue weighted by Gasteiger charge is 2.27. The molecule has 0 unspecified atom stereocenters. The molecule has 20 heavy (non-hydrogen) atoms. The molecule has 0 spiro atoms. The van der Waals surface area contributed by atoms with Crippen molar-refractivity contribution in [2.45, 2.75) is 32.7 Å². The topological polar surface area (TPSA) is 50.5 Å². The predicted molar refractivity (Wildman–Crippen MR) is 80.7 cm³/mol. The Labute approximate surface area is 120 Å². The van der Waals surface area contributed by atoms with Crippen LogP contribution in [-0.2, 0) is 0 Å². The number of hydrogen-bond acceptors (Lipinski definition) is 4. The van der Waals surface area contributed by atoms with Crippen LogP contribution in [0.2, 0.25) is 0 Å². The molecule has 0 bridgehead atoms. The Morgan fingerprint density at radius 2 is 2.15 bits per heavy atom. The fourth-order valence-electron chi connectivity index (χ4n) is 2.36. The Kier molecular flexibility index (Phi) is 5.06. The van der Waals surface area contributed by atoms with E-state index >= 15 is 0 Å².